The zero-order chi connectivity index (χ0) is 14.9. The van der Waals surface area contributed by atoms with E-state index in [2.05, 4.69) is 10.3 Å². The third-order valence-electron chi connectivity index (χ3n) is 2.95. The third kappa shape index (κ3) is 2.35. The van der Waals surface area contributed by atoms with E-state index in [0.29, 0.717) is 18.6 Å². The molecule has 0 amide bonds. The maximum absolute atomic E-state index is 13.9. The molecule has 2 rings (SSSR count). The summed E-state index contributed by atoms with van der Waals surface area (Å²) in [6, 6.07) is 2.46. The third-order valence-corrected chi connectivity index (χ3v) is 2.95. The lowest BCUT2D eigenvalue weighted by Crippen LogP contribution is -2.19. The van der Waals surface area contributed by atoms with Gasteiger partial charge in [-0.2, -0.15) is 0 Å². The lowest BCUT2D eigenvalue weighted by atomic mass is 10.1. The molecule has 2 aromatic rings. The number of pyridine rings is 1. The number of nitrogens with one attached hydrogen (secondary N) is 2. The number of carboxylic acid groups (broad SMARTS) is 1. The Balaban J connectivity index is 2.70. The minimum atomic E-state index is -1.34. The SMILES string of the molecule is Cc1[nH]c2cc(NCCN)c(F)cc2c(=O)c1C(=O)O. The van der Waals surface area contributed by atoms with Crippen molar-refractivity contribution in [1.29, 1.82) is 0 Å². The molecular formula is C13H14FN3O3. The molecule has 0 saturated heterocycles. The Labute approximate surface area is 113 Å². The number of halogens is 1. The van der Waals surface area contributed by atoms with Crippen molar-refractivity contribution in [2.24, 2.45) is 5.73 Å². The second-order valence-corrected chi connectivity index (χ2v) is 4.35. The van der Waals surface area contributed by atoms with Crippen LogP contribution in [0.2, 0.25) is 0 Å². The molecule has 20 heavy (non-hydrogen) atoms. The summed E-state index contributed by atoms with van der Waals surface area (Å²) in [5.41, 5.74) is 5.07. The molecule has 1 aromatic carbocycles. The maximum Gasteiger partial charge on any atom is 0.341 e. The van der Waals surface area contributed by atoms with Gasteiger partial charge >= 0.3 is 5.97 Å². The van der Waals surface area contributed by atoms with E-state index in [-0.39, 0.29) is 22.3 Å². The summed E-state index contributed by atoms with van der Waals surface area (Å²) < 4.78 is 13.9. The van der Waals surface area contributed by atoms with E-state index < -0.39 is 17.2 Å². The number of fused-ring (bicyclic) bond motifs is 1. The summed E-state index contributed by atoms with van der Waals surface area (Å²) in [5.74, 6) is -1.96. The number of hydrogen-bond acceptors (Lipinski definition) is 4. The minimum Gasteiger partial charge on any atom is -0.477 e. The highest BCUT2D eigenvalue weighted by molar-refractivity contribution is 5.94. The van der Waals surface area contributed by atoms with Crippen molar-refractivity contribution in [2.45, 2.75) is 6.92 Å². The molecule has 0 spiro atoms. The zero-order valence-electron chi connectivity index (χ0n) is 10.8. The van der Waals surface area contributed by atoms with Crippen molar-refractivity contribution in [3.63, 3.8) is 0 Å². The average molecular weight is 279 g/mol. The molecule has 1 aromatic heterocycles. The van der Waals surface area contributed by atoms with Crippen molar-refractivity contribution in [2.75, 3.05) is 18.4 Å². The highest BCUT2D eigenvalue weighted by atomic mass is 19.1. The lowest BCUT2D eigenvalue weighted by molar-refractivity contribution is 0.0694. The van der Waals surface area contributed by atoms with Crippen LogP contribution in [-0.4, -0.2) is 29.1 Å². The fourth-order valence-electron chi connectivity index (χ4n) is 2.03. The highest BCUT2D eigenvalue weighted by Gasteiger charge is 2.17. The number of carboxylic acids is 1. The number of hydrogen-bond donors (Lipinski definition) is 4. The Bertz CT molecular complexity index is 740. The number of benzene rings is 1. The van der Waals surface area contributed by atoms with Gasteiger partial charge in [-0.25, -0.2) is 9.18 Å². The monoisotopic (exact) mass is 279 g/mol. The quantitative estimate of drug-likeness (QED) is 0.669. The Hall–Kier alpha value is -2.41. The van der Waals surface area contributed by atoms with Gasteiger partial charge in [0.05, 0.1) is 11.2 Å². The van der Waals surface area contributed by atoms with E-state index in [0.717, 1.165) is 6.07 Å². The molecule has 5 N–H and O–H groups in total. The number of nitrogens with two attached hydrogens (primary N) is 1. The number of rotatable bonds is 4. The van der Waals surface area contributed by atoms with E-state index >= 15 is 0 Å². The topological polar surface area (TPSA) is 108 Å². The van der Waals surface area contributed by atoms with E-state index in [1.165, 1.54) is 13.0 Å². The lowest BCUT2D eigenvalue weighted by Gasteiger charge is -2.09. The summed E-state index contributed by atoms with van der Waals surface area (Å²) in [7, 11) is 0. The Morgan fingerprint density at radius 2 is 2.20 bits per heavy atom. The van der Waals surface area contributed by atoms with Crippen molar-refractivity contribution >= 4 is 22.6 Å². The number of aromatic amines is 1. The fraction of sp³-hybridized carbons (Fsp3) is 0.231. The van der Waals surface area contributed by atoms with Gasteiger partial charge in [0, 0.05) is 24.2 Å². The van der Waals surface area contributed by atoms with Crippen LogP contribution in [0.1, 0.15) is 16.1 Å². The van der Waals surface area contributed by atoms with Crippen LogP contribution in [0.5, 0.6) is 0 Å². The van der Waals surface area contributed by atoms with Crippen LogP contribution in [-0.2, 0) is 0 Å². The first kappa shape index (κ1) is 14.0. The van der Waals surface area contributed by atoms with Crippen LogP contribution < -0.4 is 16.5 Å². The maximum atomic E-state index is 13.9. The van der Waals surface area contributed by atoms with Crippen molar-refractivity contribution in [1.82, 2.24) is 4.98 Å². The number of aromatic nitrogens is 1. The summed E-state index contributed by atoms with van der Waals surface area (Å²) in [6.07, 6.45) is 0. The molecule has 0 aliphatic carbocycles. The summed E-state index contributed by atoms with van der Waals surface area (Å²) in [5, 5.41) is 11.8. The number of carbonyl (C=O) groups is 1. The molecule has 0 aliphatic heterocycles. The summed E-state index contributed by atoms with van der Waals surface area (Å²) >= 11 is 0. The minimum absolute atomic E-state index is 0.00352. The zero-order valence-corrected chi connectivity index (χ0v) is 10.8. The van der Waals surface area contributed by atoms with Gasteiger partial charge in [-0.15, -0.1) is 0 Å². The molecule has 0 saturated carbocycles. The number of anilines is 1. The van der Waals surface area contributed by atoms with Crippen LogP contribution >= 0.6 is 0 Å². The molecular weight excluding hydrogens is 265 g/mol. The normalized spacial score (nSPS) is 10.8. The average Bonchev–Trinajstić information content (AvgIpc) is 2.37. The molecule has 6 nitrogen and oxygen atoms in total. The van der Waals surface area contributed by atoms with Gasteiger partial charge in [-0.3, -0.25) is 4.79 Å². The smallest absolute Gasteiger partial charge is 0.341 e. The van der Waals surface area contributed by atoms with Gasteiger partial charge in [0.2, 0.25) is 5.43 Å². The van der Waals surface area contributed by atoms with Crippen LogP contribution in [0.25, 0.3) is 10.9 Å². The van der Waals surface area contributed by atoms with Gasteiger partial charge in [-0.1, -0.05) is 0 Å². The van der Waals surface area contributed by atoms with Crippen LogP contribution in [0.4, 0.5) is 10.1 Å². The van der Waals surface area contributed by atoms with Crippen LogP contribution in [0.15, 0.2) is 16.9 Å². The van der Waals surface area contributed by atoms with Crippen molar-refractivity contribution < 1.29 is 14.3 Å². The molecule has 1 heterocycles. The van der Waals surface area contributed by atoms with Gasteiger partial charge in [0.1, 0.15) is 11.4 Å². The van der Waals surface area contributed by atoms with E-state index in [9.17, 15) is 14.0 Å². The summed E-state index contributed by atoms with van der Waals surface area (Å²) in [4.78, 5) is 25.9. The Morgan fingerprint density at radius 3 is 2.80 bits per heavy atom. The molecule has 0 unspecified atom stereocenters. The molecule has 0 aliphatic rings. The molecule has 0 atom stereocenters. The van der Waals surface area contributed by atoms with Gasteiger partial charge in [-0.05, 0) is 19.1 Å². The van der Waals surface area contributed by atoms with Crippen LogP contribution in [0.3, 0.4) is 0 Å². The fourth-order valence-corrected chi connectivity index (χ4v) is 2.03. The van der Waals surface area contributed by atoms with E-state index in [1.54, 1.807) is 0 Å². The predicted octanol–water partition coefficient (Wildman–Crippen LogP) is 1.04. The first-order valence-corrected chi connectivity index (χ1v) is 5.99. The standard InChI is InChI=1S/C13H14FN3O3/c1-6-11(13(19)20)12(18)7-4-8(14)10(16-3-2-15)5-9(7)17-6/h4-5,16H,2-3,15H2,1H3,(H,17,18)(H,19,20). The number of aryl methyl sites for hydroxylation is 1. The Kier molecular flexibility index (Phi) is 3.71. The molecule has 0 fully saturated rings. The second-order valence-electron chi connectivity index (χ2n) is 4.35. The van der Waals surface area contributed by atoms with Gasteiger partial charge < -0.3 is 21.1 Å². The Morgan fingerprint density at radius 1 is 1.50 bits per heavy atom. The summed E-state index contributed by atoms with van der Waals surface area (Å²) in [6.45, 7) is 2.21. The first-order chi connectivity index (χ1) is 9.45. The largest absolute Gasteiger partial charge is 0.477 e. The first-order valence-electron chi connectivity index (χ1n) is 5.99. The van der Waals surface area contributed by atoms with E-state index in [1.807, 2.05) is 0 Å². The molecule has 106 valence electrons. The van der Waals surface area contributed by atoms with Crippen LogP contribution in [0, 0.1) is 12.7 Å². The number of aromatic carboxylic acids is 1. The van der Waals surface area contributed by atoms with E-state index in [4.69, 9.17) is 10.8 Å². The molecule has 7 heteroatoms. The van der Waals surface area contributed by atoms with Gasteiger partial charge in [0.25, 0.3) is 0 Å². The van der Waals surface area contributed by atoms with Crippen molar-refractivity contribution in [3.05, 3.63) is 39.4 Å². The molecule has 0 radical (unpaired) electrons. The second kappa shape index (κ2) is 5.30. The van der Waals surface area contributed by atoms with Gasteiger partial charge in [0.15, 0.2) is 0 Å². The number of H-pyrrole nitrogens is 1. The van der Waals surface area contributed by atoms with Crippen molar-refractivity contribution in [3.8, 4) is 0 Å². The predicted molar refractivity (Wildman–Crippen MR) is 73.8 cm³/mol. The highest BCUT2D eigenvalue weighted by Crippen LogP contribution is 2.20. The molecule has 0 bridgehead atoms.